The summed E-state index contributed by atoms with van der Waals surface area (Å²) in [5.41, 5.74) is 1.45. The molecule has 1 heterocycles. The number of benzene rings is 1. The molecular weight excluding hydrogens is 447 g/mol. The third-order valence-electron chi connectivity index (χ3n) is 4.13. The molecule has 0 atom stereocenters. The number of rotatable bonds is 8. The Balaban J connectivity index is 1.59. The molecule has 1 fully saturated rings. The molecule has 1 saturated carbocycles. The van der Waals surface area contributed by atoms with Crippen molar-refractivity contribution in [1.82, 2.24) is 10.3 Å². The number of hydrogen-bond donors (Lipinski definition) is 1. The van der Waals surface area contributed by atoms with Crippen LogP contribution in [0.1, 0.15) is 28.8 Å². The number of aromatic nitrogens is 1. The predicted molar refractivity (Wildman–Crippen MR) is 106 cm³/mol. The smallest absolute Gasteiger partial charge is 0.252 e. The summed E-state index contributed by atoms with van der Waals surface area (Å²) < 4.78 is 16.9. The van der Waals surface area contributed by atoms with Gasteiger partial charge < -0.3 is 19.5 Å². The zero-order chi connectivity index (χ0) is 18.5. The molecule has 138 valence electrons. The SMILES string of the molecule is COc1cc(I)c(C(=O)NCc2ccc(OCC3CC3)nc2)cc1OC. The van der Waals surface area contributed by atoms with Gasteiger partial charge in [-0.25, -0.2) is 4.98 Å². The Morgan fingerprint density at radius 2 is 1.96 bits per heavy atom. The highest BCUT2D eigenvalue weighted by molar-refractivity contribution is 14.1. The minimum Gasteiger partial charge on any atom is -0.493 e. The second-order valence-corrected chi connectivity index (χ2v) is 7.29. The average molecular weight is 468 g/mol. The molecule has 0 aliphatic heterocycles. The maximum atomic E-state index is 12.5. The molecule has 0 radical (unpaired) electrons. The Labute approximate surface area is 166 Å². The highest BCUT2D eigenvalue weighted by atomic mass is 127. The summed E-state index contributed by atoms with van der Waals surface area (Å²) in [6.45, 7) is 1.12. The average Bonchev–Trinajstić information content (AvgIpc) is 3.49. The van der Waals surface area contributed by atoms with Crippen molar-refractivity contribution in [2.45, 2.75) is 19.4 Å². The molecular formula is C19H21IN2O4. The van der Waals surface area contributed by atoms with Gasteiger partial charge in [0.05, 0.1) is 26.4 Å². The van der Waals surface area contributed by atoms with E-state index in [4.69, 9.17) is 14.2 Å². The zero-order valence-electron chi connectivity index (χ0n) is 14.8. The summed E-state index contributed by atoms with van der Waals surface area (Å²) in [7, 11) is 3.11. The number of pyridine rings is 1. The molecule has 1 aliphatic rings. The van der Waals surface area contributed by atoms with E-state index < -0.39 is 0 Å². The second-order valence-electron chi connectivity index (χ2n) is 6.13. The Kier molecular flexibility index (Phi) is 6.18. The largest absolute Gasteiger partial charge is 0.493 e. The quantitative estimate of drug-likeness (QED) is 0.602. The predicted octanol–water partition coefficient (Wildman–Crippen LogP) is 3.42. The molecule has 6 nitrogen and oxygen atoms in total. The van der Waals surface area contributed by atoms with Crippen molar-refractivity contribution in [2.75, 3.05) is 20.8 Å². The van der Waals surface area contributed by atoms with Crippen LogP contribution >= 0.6 is 22.6 Å². The van der Waals surface area contributed by atoms with E-state index in [1.165, 1.54) is 12.8 Å². The van der Waals surface area contributed by atoms with Crippen LogP contribution < -0.4 is 19.5 Å². The third-order valence-corrected chi connectivity index (χ3v) is 5.02. The van der Waals surface area contributed by atoms with Crippen LogP contribution in [0.15, 0.2) is 30.5 Å². The van der Waals surface area contributed by atoms with E-state index in [1.807, 2.05) is 12.1 Å². The number of carbonyl (C=O) groups excluding carboxylic acids is 1. The van der Waals surface area contributed by atoms with Crippen LogP contribution in [0.4, 0.5) is 0 Å². The summed E-state index contributed by atoms with van der Waals surface area (Å²) >= 11 is 2.11. The van der Waals surface area contributed by atoms with Gasteiger partial charge in [-0.05, 0) is 59.0 Å². The van der Waals surface area contributed by atoms with Gasteiger partial charge in [-0.1, -0.05) is 6.07 Å². The molecule has 3 rings (SSSR count). The fraction of sp³-hybridized carbons (Fsp3) is 0.368. The number of methoxy groups -OCH3 is 2. The summed E-state index contributed by atoms with van der Waals surface area (Å²) in [6, 6.07) is 7.21. The lowest BCUT2D eigenvalue weighted by Gasteiger charge is -2.12. The monoisotopic (exact) mass is 468 g/mol. The van der Waals surface area contributed by atoms with E-state index in [-0.39, 0.29) is 5.91 Å². The minimum absolute atomic E-state index is 0.176. The van der Waals surface area contributed by atoms with Crippen molar-refractivity contribution in [3.05, 3.63) is 45.2 Å². The first-order chi connectivity index (χ1) is 12.6. The number of nitrogens with zero attached hydrogens (tertiary/aromatic N) is 1. The maximum Gasteiger partial charge on any atom is 0.252 e. The Morgan fingerprint density at radius 3 is 2.58 bits per heavy atom. The number of ether oxygens (including phenoxy) is 3. The summed E-state index contributed by atoms with van der Waals surface area (Å²) in [6.07, 6.45) is 4.22. The van der Waals surface area contributed by atoms with E-state index in [0.29, 0.717) is 35.4 Å². The van der Waals surface area contributed by atoms with Gasteiger partial charge in [-0.2, -0.15) is 0 Å². The lowest BCUT2D eigenvalue weighted by molar-refractivity contribution is 0.0949. The van der Waals surface area contributed by atoms with E-state index in [0.717, 1.165) is 15.7 Å². The second kappa shape index (κ2) is 8.57. The van der Waals surface area contributed by atoms with Crippen LogP contribution in [0.25, 0.3) is 0 Å². The third kappa shape index (κ3) is 4.78. The molecule has 1 aromatic heterocycles. The Bertz CT molecular complexity index is 776. The van der Waals surface area contributed by atoms with E-state index >= 15 is 0 Å². The molecule has 0 saturated heterocycles. The van der Waals surface area contributed by atoms with Crippen molar-refractivity contribution < 1.29 is 19.0 Å². The van der Waals surface area contributed by atoms with Crippen LogP contribution in [0.2, 0.25) is 0 Å². The molecule has 1 aliphatic carbocycles. The van der Waals surface area contributed by atoms with Gasteiger partial charge in [-0.3, -0.25) is 4.79 Å². The Morgan fingerprint density at radius 1 is 1.23 bits per heavy atom. The maximum absolute atomic E-state index is 12.5. The fourth-order valence-corrected chi connectivity index (χ4v) is 3.08. The number of amides is 1. The van der Waals surface area contributed by atoms with Gasteiger partial charge in [0.2, 0.25) is 5.88 Å². The molecule has 0 bridgehead atoms. The molecule has 1 aromatic carbocycles. The Hall–Kier alpha value is -2.03. The van der Waals surface area contributed by atoms with Crippen LogP contribution in [0, 0.1) is 9.49 Å². The highest BCUT2D eigenvalue weighted by Crippen LogP contribution is 2.31. The normalized spacial score (nSPS) is 13.2. The first-order valence-electron chi connectivity index (χ1n) is 8.38. The highest BCUT2D eigenvalue weighted by Gasteiger charge is 2.22. The van der Waals surface area contributed by atoms with Crippen molar-refractivity contribution in [3.8, 4) is 17.4 Å². The first kappa shape index (κ1) is 18.8. The molecule has 0 unspecified atom stereocenters. The number of carbonyl (C=O) groups is 1. The van der Waals surface area contributed by atoms with E-state index in [9.17, 15) is 4.79 Å². The lowest BCUT2D eigenvalue weighted by Crippen LogP contribution is -2.23. The topological polar surface area (TPSA) is 69.7 Å². The van der Waals surface area contributed by atoms with Gasteiger partial charge in [0.15, 0.2) is 11.5 Å². The van der Waals surface area contributed by atoms with Crippen molar-refractivity contribution in [3.63, 3.8) is 0 Å². The van der Waals surface area contributed by atoms with E-state index in [1.54, 1.807) is 32.5 Å². The van der Waals surface area contributed by atoms with E-state index in [2.05, 4.69) is 32.9 Å². The molecule has 1 N–H and O–H groups in total. The van der Waals surface area contributed by atoms with Gasteiger partial charge >= 0.3 is 0 Å². The number of halogens is 1. The van der Waals surface area contributed by atoms with Gasteiger partial charge in [0.1, 0.15) is 0 Å². The molecule has 7 heteroatoms. The minimum atomic E-state index is -0.176. The standard InChI is InChI=1S/C19H21IN2O4/c1-24-16-7-14(15(20)8-17(16)25-2)19(23)22-10-13-5-6-18(21-9-13)26-11-12-3-4-12/h5-9,12H,3-4,10-11H2,1-2H3,(H,22,23). The van der Waals surface area contributed by atoms with Crippen LogP contribution in [-0.4, -0.2) is 31.7 Å². The first-order valence-corrected chi connectivity index (χ1v) is 9.46. The van der Waals surface area contributed by atoms with Crippen LogP contribution in [0.5, 0.6) is 17.4 Å². The van der Waals surface area contributed by atoms with Crippen molar-refractivity contribution in [1.29, 1.82) is 0 Å². The lowest BCUT2D eigenvalue weighted by atomic mass is 10.2. The van der Waals surface area contributed by atoms with Gasteiger partial charge in [-0.15, -0.1) is 0 Å². The fourth-order valence-electron chi connectivity index (χ4n) is 2.39. The number of nitrogens with one attached hydrogen (secondary N) is 1. The van der Waals surface area contributed by atoms with Crippen molar-refractivity contribution >= 4 is 28.5 Å². The summed E-state index contributed by atoms with van der Waals surface area (Å²) in [5, 5.41) is 2.90. The van der Waals surface area contributed by atoms with Crippen LogP contribution in [0.3, 0.4) is 0 Å². The number of hydrogen-bond acceptors (Lipinski definition) is 5. The van der Waals surface area contributed by atoms with Crippen molar-refractivity contribution in [2.24, 2.45) is 5.92 Å². The molecule has 0 spiro atoms. The summed E-state index contributed by atoms with van der Waals surface area (Å²) in [4.78, 5) is 16.8. The van der Waals surface area contributed by atoms with Gasteiger partial charge in [0.25, 0.3) is 5.91 Å². The molecule has 2 aromatic rings. The van der Waals surface area contributed by atoms with Crippen LogP contribution in [-0.2, 0) is 6.54 Å². The molecule has 1 amide bonds. The summed E-state index contributed by atoms with van der Waals surface area (Å²) in [5.74, 6) is 2.27. The zero-order valence-corrected chi connectivity index (χ0v) is 16.9. The van der Waals surface area contributed by atoms with Gasteiger partial charge in [0, 0.05) is 22.4 Å². The molecule has 26 heavy (non-hydrogen) atoms.